The van der Waals surface area contributed by atoms with E-state index in [0.717, 1.165) is 6.04 Å². The van der Waals surface area contributed by atoms with Crippen LogP contribution in [0.25, 0.3) is 0 Å². The number of hydrogen-bond acceptors (Lipinski definition) is 0. The molecule has 102 valence electrons. The van der Waals surface area contributed by atoms with Crippen LogP contribution in [0.4, 0.5) is 0 Å². The van der Waals surface area contributed by atoms with Crippen LogP contribution in [0.3, 0.4) is 0 Å². The van der Waals surface area contributed by atoms with Crippen molar-refractivity contribution in [3.05, 3.63) is 35.9 Å². The summed E-state index contributed by atoms with van der Waals surface area (Å²) in [6.07, 6.45) is 7.90. The van der Waals surface area contributed by atoms with E-state index >= 15 is 0 Å². The van der Waals surface area contributed by atoms with Gasteiger partial charge in [-0.25, -0.2) is 0 Å². The molecule has 0 aliphatic carbocycles. The van der Waals surface area contributed by atoms with Crippen LogP contribution in [0.1, 0.15) is 56.9 Å². The molecule has 0 bridgehead atoms. The Labute approximate surface area is 123 Å². The molecule has 3 heteroatoms. The SMILES string of the molecule is CCCCCCCC(C[SiH](Cl)Cl)c1ccccc1. The monoisotopic (exact) mass is 302 g/mol. The molecule has 1 unspecified atom stereocenters. The molecule has 0 saturated carbocycles. The van der Waals surface area contributed by atoms with Crippen molar-refractivity contribution >= 4 is 29.6 Å². The molecule has 0 aliphatic rings. The van der Waals surface area contributed by atoms with Gasteiger partial charge in [-0.2, -0.15) is 22.2 Å². The summed E-state index contributed by atoms with van der Waals surface area (Å²) in [5, 5.41) is 0. The highest BCUT2D eigenvalue weighted by Crippen LogP contribution is 2.29. The highest BCUT2D eigenvalue weighted by molar-refractivity contribution is 7.33. The van der Waals surface area contributed by atoms with Crippen molar-refractivity contribution in [1.82, 2.24) is 0 Å². The van der Waals surface area contributed by atoms with Gasteiger partial charge in [0.05, 0.1) is 0 Å². The van der Waals surface area contributed by atoms with E-state index in [4.69, 9.17) is 22.2 Å². The van der Waals surface area contributed by atoms with Crippen molar-refractivity contribution in [2.24, 2.45) is 0 Å². The maximum Gasteiger partial charge on any atom is 0.237 e. The molecule has 0 radical (unpaired) electrons. The van der Waals surface area contributed by atoms with Crippen LogP contribution in [-0.2, 0) is 0 Å². The Balaban J connectivity index is 2.41. The van der Waals surface area contributed by atoms with E-state index in [2.05, 4.69) is 37.3 Å². The lowest BCUT2D eigenvalue weighted by atomic mass is 9.94. The molecular formula is C15H24Cl2Si. The maximum absolute atomic E-state index is 6.09. The van der Waals surface area contributed by atoms with Crippen molar-refractivity contribution in [2.75, 3.05) is 0 Å². The van der Waals surface area contributed by atoms with E-state index in [0.29, 0.717) is 5.92 Å². The molecule has 0 nitrogen and oxygen atoms in total. The Morgan fingerprint density at radius 3 is 2.28 bits per heavy atom. The molecule has 18 heavy (non-hydrogen) atoms. The zero-order valence-corrected chi connectivity index (χ0v) is 13.9. The summed E-state index contributed by atoms with van der Waals surface area (Å²) in [4.78, 5) is 0. The van der Waals surface area contributed by atoms with Crippen molar-refractivity contribution < 1.29 is 0 Å². The van der Waals surface area contributed by atoms with Gasteiger partial charge in [0.2, 0.25) is 7.42 Å². The molecule has 1 atom stereocenters. The van der Waals surface area contributed by atoms with Crippen molar-refractivity contribution in [3.63, 3.8) is 0 Å². The van der Waals surface area contributed by atoms with Crippen LogP contribution in [0, 0.1) is 0 Å². The van der Waals surface area contributed by atoms with E-state index in [1.54, 1.807) is 0 Å². The predicted octanol–water partition coefficient (Wildman–Crippen LogP) is 5.83. The van der Waals surface area contributed by atoms with Gasteiger partial charge in [-0.15, -0.1) is 0 Å². The smallest absolute Gasteiger partial charge is 0.150 e. The molecule has 0 spiro atoms. The highest BCUT2D eigenvalue weighted by Gasteiger charge is 2.15. The first-order valence-electron chi connectivity index (χ1n) is 7.07. The van der Waals surface area contributed by atoms with Gasteiger partial charge in [-0.1, -0.05) is 69.4 Å². The molecule has 0 amide bonds. The molecule has 1 rings (SSSR count). The standard InChI is InChI=1S/C15H24Cl2Si/c1-2-3-4-5-7-12-15(13-18(16)17)14-10-8-6-9-11-14/h6,8-11,15,18H,2-5,7,12-13H2,1H3. The lowest BCUT2D eigenvalue weighted by Gasteiger charge is -2.17. The van der Waals surface area contributed by atoms with Gasteiger partial charge in [-0.05, 0) is 23.9 Å². The molecule has 1 aromatic rings. The third-order valence-electron chi connectivity index (χ3n) is 3.39. The molecule has 0 N–H and O–H groups in total. The van der Waals surface area contributed by atoms with Gasteiger partial charge in [0.15, 0.2) is 0 Å². The minimum atomic E-state index is -1.52. The van der Waals surface area contributed by atoms with E-state index in [9.17, 15) is 0 Å². The number of rotatable bonds is 9. The van der Waals surface area contributed by atoms with Gasteiger partial charge in [-0.3, -0.25) is 0 Å². The van der Waals surface area contributed by atoms with Crippen LogP contribution < -0.4 is 0 Å². The summed E-state index contributed by atoms with van der Waals surface area (Å²) >= 11 is 12.2. The summed E-state index contributed by atoms with van der Waals surface area (Å²) in [5.41, 5.74) is 1.41. The highest BCUT2D eigenvalue weighted by atomic mass is 35.7. The lowest BCUT2D eigenvalue weighted by Crippen LogP contribution is -2.05. The molecule has 0 saturated heterocycles. The topological polar surface area (TPSA) is 0 Å². The fraction of sp³-hybridized carbons (Fsp3) is 0.600. The lowest BCUT2D eigenvalue weighted by molar-refractivity contribution is 0.566. The van der Waals surface area contributed by atoms with Gasteiger partial charge >= 0.3 is 0 Å². The number of hydrogen-bond donors (Lipinski definition) is 0. The quantitative estimate of drug-likeness (QED) is 0.306. The number of benzene rings is 1. The van der Waals surface area contributed by atoms with Crippen LogP contribution in [0.15, 0.2) is 30.3 Å². The first-order chi connectivity index (χ1) is 8.74. The minimum Gasteiger partial charge on any atom is -0.150 e. The van der Waals surface area contributed by atoms with Gasteiger partial charge in [0.25, 0.3) is 0 Å². The Morgan fingerprint density at radius 2 is 1.67 bits per heavy atom. The van der Waals surface area contributed by atoms with Gasteiger partial charge in [0, 0.05) is 0 Å². The molecule has 0 fully saturated rings. The van der Waals surface area contributed by atoms with Crippen LogP contribution in [0.5, 0.6) is 0 Å². The first kappa shape index (κ1) is 16.1. The average Bonchev–Trinajstić information content (AvgIpc) is 2.38. The summed E-state index contributed by atoms with van der Waals surface area (Å²) < 4.78 is 0. The zero-order chi connectivity index (χ0) is 13.2. The summed E-state index contributed by atoms with van der Waals surface area (Å²) in [7, 11) is -1.52. The Morgan fingerprint density at radius 1 is 1.00 bits per heavy atom. The third kappa shape index (κ3) is 6.82. The second-order valence-corrected chi connectivity index (χ2v) is 10.0. The summed E-state index contributed by atoms with van der Waals surface area (Å²) in [6, 6.07) is 11.7. The second kappa shape index (κ2) is 9.88. The average molecular weight is 303 g/mol. The fourth-order valence-corrected chi connectivity index (χ4v) is 4.58. The largest absolute Gasteiger partial charge is 0.237 e. The minimum absolute atomic E-state index is 0.569. The zero-order valence-electron chi connectivity index (χ0n) is 11.2. The van der Waals surface area contributed by atoms with E-state index < -0.39 is 7.42 Å². The Hall–Kier alpha value is 0.0169. The number of halogens is 2. The summed E-state index contributed by atoms with van der Waals surface area (Å²) in [5.74, 6) is 0.569. The summed E-state index contributed by atoms with van der Waals surface area (Å²) in [6.45, 7) is 2.25. The van der Waals surface area contributed by atoms with Crippen molar-refractivity contribution in [2.45, 2.75) is 57.4 Å². The van der Waals surface area contributed by atoms with E-state index in [-0.39, 0.29) is 0 Å². The third-order valence-corrected chi connectivity index (χ3v) is 5.38. The van der Waals surface area contributed by atoms with Gasteiger partial charge < -0.3 is 0 Å². The second-order valence-electron chi connectivity index (χ2n) is 4.94. The maximum atomic E-state index is 6.09. The van der Waals surface area contributed by atoms with Crippen molar-refractivity contribution in [1.29, 1.82) is 0 Å². The van der Waals surface area contributed by atoms with E-state index in [1.165, 1.54) is 44.1 Å². The Kier molecular flexibility index (Phi) is 8.82. The van der Waals surface area contributed by atoms with Gasteiger partial charge in [0.1, 0.15) is 0 Å². The molecular weight excluding hydrogens is 279 g/mol. The molecule has 0 aliphatic heterocycles. The van der Waals surface area contributed by atoms with E-state index in [1.807, 2.05) is 0 Å². The Bertz CT molecular complexity index is 301. The normalized spacial score (nSPS) is 12.9. The van der Waals surface area contributed by atoms with Crippen molar-refractivity contribution in [3.8, 4) is 0 Å². The number of unbranched alkanes of at least 4 members (excludes halogenated alkanes) is 4. The van der Waals surface area contributed by atoms with Crippen LogP contribution in [-0.4, -0.2) is 7.42 Å². The van der Waals surface area contributed by atoms with Crippen LogP contribution >= 0.6 is 22.2 Å². The van der Waals surface area contributed by atoms with Crippen LogP contribution in [0.2, 0.25) is 6.04 Å². The first-order valence-corrected chi connectivity index (χ1v) is 11.4. The predicted molar refractivity (Wildman–Crippen MR) is 86.2 cm³/mol. The molecule has 1 aromatic carbocycles. The fourth-order valence-electron chi connectivity index (χ4n) is 2.36. The molecule has 0 aromatic heterocycles. The molecule has 0 heterocycles.